The standard InChI is InChI=1S/C30H31NO10/c1-14-19-21-17(22(29(37)41-6)20(14)28(36)40-5)12-16(26(34)38-3)13-18(27(35)39-4)23(21)30(2,24(19)32)31-25(33)15-10-8-7-9-11-15/h7-11,13-14,17-18,23H,12H2,1-6H3,(H,31,33)/t14?,17?,18?,23?,30-/m0/s1. The van der Waals surface area contributed by atoms with Crippen LogP contribution in [0.5, 0.6) is 0 Å². The zero-order valence-corrected chi connectivity index (χ0v) is 23.6. The van der Waals surface area contributed by atoms with Gasteiger partial charge in [0.2, 0.25) is 0 Å². The highest BCUT2D eigenvalue weighted by Gasteiger charge is 2.62. The first-order chi connectivity index (χ1) is 19.5. The van der Waals surface area contributed by atoms with Crippen LogP contribution in [-0.4, -0.2) is 69.5 Å². The van der Waals surface area contributed by atoms with E-state index in [9.17, 15) is 28.8 Å². The normalized spacial score (nSPS) is 26.8. The summed E-state index contributed by atoms with van der Waals surface area (Å²) in [5.41, 5.74) is -1.14. The second-order valence-corrected chi connectivity index (χ2v) is 10.2. The van der Waals surface area contributed by atoms with E-state index >= 15 is 0 Å². The van der Waals surface area contributed by atoms with Crippen LogP contribution in [-0.2, 0) is 42.9 Å². The van der Waals surface area contributed by atoms with Crippen LogP contribution in [0.1, 0.15) is 30.6 Å². The number of benzene rings is 1. The molecule has 216 valence electrons. The number of nitrogens with one attached hydrogen (secondary N) is 1. The van der Waals surface area contributed by atoms with Gasteiger partial charge in [-0.05, 0) is 31.1 Å². The molecule has 3 aliphatic carbocycles. The number of amides is 1. The predicted octanol–water partition coefficient (Wildman–Crippen LogP) is 1.87. The minimum Gasteiger partial charge on any atom is -0.469 e. The number of hydrogen-bond acceptors (Lipinski definition) is 10. The zero-order chi connectivity index (χ0) is 30.2. The second kappa shape index (κ2) is 11.1. The number of methoxy groups -OCH3 is 4. The van der Waals surface area contributed by atoms with Crippen molar-refractivity contribution < 1.29 is 47.7 Å². The number of ketones is 1. The molecule has 1 aromatic carbocycles. The fraction of sp³-hybridized carbons (Fsp3) is 0.400. The van der Waals surface area contributed by atoms with E-state index in [0.29, 0.717) is 5.57 Å². The molecular formula is C30H31NO10. The number of carbonyl (C=O) groups is 6. The van der Waals surface area contributed by atoms with E-state index in [0.717, 1.165) is 14.2 Å². The van der Waals surface area contributed by atoms with Crippen molar-refractivity contribution in [1.29, 1.82) is 0 Å². The molecule has 4 unspecified atom stereocenters. The average Bonchev–Trinajstić information content (AvgIpc) is 3.09. The van der Waals surface area contributed by atoms with Gasteiger partial charge in [0.1, 0.15) is 5.54 Å². The van der Waals surface area contributed by atoms with Gasteiger partial charge in [-0.25, -0.2) is 14.4 Å². The molecule has 1 amide bonds. The lowest BCUT2D eigenvalue weighted by Crippen LogP contribution is -2.57. The third-order valence-corrected chi connectivity index (χ3v) is 8.17. The van der Waals surface area contributed by atoms with E-state index in [-0.39, 0.29) is 34.3 Å². The fourth-order valence-electron chi connectivity index (χ4n) is 6.38. The molecule has 1 N–H and O–H groups in total. The summed E-state index contributed by atoms with van der Waals surface area (Å²) in [4.78, 5) is 80.4. The number of esters is 4. The van der Waals surface area contributed by atoms with Crippen LogP contribution in [0, 0.1) is 23.7 Å². The first-order valence-electron chi connectivity index (χ1n) is 12.9. The van der Waals surface area contributed by atoms with Gasteiger partial charge in [0, 0.05) is 34.5 Å². The van der Waals surface area contributed by atoms with E-state index in [4.69, 9.17) is 18.9 Å². The Hall–Kier alpha value is -4.54. The molecule has 0 heterocycles. The van der Waals surface area contributed by atoms with Crippen molar-refractivity contribution >= 4 is 35.6 Å². The topological polar surface area (TPSA) is 151 Å². The Morgan fingerprint density at radius 1 is 0.854 bits per heavy atom. The second-order valence-electron chi connectivity index (χ2n) is 10.2. The van der Waals surface area contributed by atoms with Gasteiger partial charge >= 0.3 is 23.9 Å². The Labute approximate surface area is 236 Å². The molecule has 11 nitrogen and oxygen atoms in total. The van der Waals surface area contributed by atoms with Gasteiger partial charge in [-0.15, -0.1) is 0 Å². The lowest BCUT2D eigenvalue weighted by molar-refractivity contribution is -0.146. The minimum absolute atomic E-state index is 0.0264. The Balaban J connectivity index is 2.03. The fourth-order valence-corrected chi connectivity index (χ4v) is 6.38. The maximum atomic E-state index is 14.4. The van der Waals surface area contributed by atoms with Gasteiger partial charge in [0.15, 0.2) is 5.78 Å². The number of hydrogen-bond donors (Lipinski definition) is 1. The summed E-state index contributed by atoms with van der Waals surface area (Å²) in [7, 11) is 4.62. The first kappa shape index (κ1) is 29.4. The molecule has 41 heavy (non-hydrogen) atoms. The van der Waals surface area contributed by atoms with E-state index in [2.05, 4.69) is 5.32 Å². The predicted molar refractivity (Wildman–Crippen MR) is 142 cm³/mol. The third-order valence-electron chi connectivity index (χ3n) is 8.17. The summed E-state index contributed by atoms with van der Waals surface area (Å²) < 4.78 is 20.1. The van der Waals surface area contributed by atoms with Gasteiger partial charge < -0.3 is 24.3 Å². The van der Waals surface area contributed by atoms with Gasteiger partial charge in [0.25, 0.3) is 5.91 Å². The number of ether oxygens (including phenoxy) is 4. The molecule has 5 atom stereocenters. The molecule has 0 aromatic heterocycles. The number of rotatable bonds is 6. The number of Topliss-reactive ketones (excluding diaryl/α,β-unsaturated/α-hetero) is 1. The van der Waals surface area contributed by atoms with Gasteiger partial charge in [0.05, 0.1) is 45.5 Å². The maximum absolute atomic E-state index is 14.4. The lowest BCUT2D eigenvalue weighted by Gasteiger charge is -2.37. The monoisotopic (exact) mass is 565 g/mol. The summed E-state index contributed by atoms with van der Waals surface area (Å²) in [6, 6.07) is 8.21. The van der Waals surface area contributed by atoms with E-state index < -0.39 is 64.8 Å². The SMILES string of the molecule is COC(=O)C1=CC(C(=O)OC)C2C3=C(C(=O)[C@@]2(C)NC(=O)c2ccccc2)C(C)C(C(=O)OC)=C(C(=O)OC)C3C1. The molecule has 0 bridgehead atoms. The molecule has 0 aliphatic heterocycles. The Kier molecular flexibility index (Phi) is 8.01. The van der Waals surface area contributed by atoms with E-state index in [1.807, 2.05) is 0 Å². The highest BCUT2D eigenvalue weighted by Crippen LogP contribution is 2.57. The van der Waals surface area contributed by atoms with Crippen LogP contribution >= 0.6 is 0 Å². The molecular weight excluding hydrogens is 534 g/mol. The van der Waals surface area contributed by atoms with Gasteiger partial charge in [-0.2, -0.15) is 0 Å². The highest BCUT2D eigenvalue weighted by molar-refractivity contribution is 6.14. The summed E-state index contributed by atoms with van der Waals surface area (Å²) in [6.07, 6.45) is 1.16. The summed E-state index contributed by atoms with van der Waals surface area (Å²) in [6.45, 7) is 3.06. The number of carbonyl (C=O) groups excluding carboxylic acids is 6. The van der Waals surface area contributed by atoms with Crippen molar-refractivity contribution in [2.75, 3.05) is 28.4 Å². The van der Waals surface area contributed by atoms with Crippen LogP contribution in [0.25, 0.3) is 0 Å². The Morgan fingerprint density at radius 3 is 2.00 bits per heavy atom. The first-order valence-corrected chi connectivity index (χ1v) is 12.9. The third kappa shape index (κ3) is 4.64. The van der Waals surface area contributed by atoms with Crippen molar-refractivity contribution in [3.63, 3.8) is 0 Å². The summed E-state index contributed by atoms with van der Waals surface area (Å²) >= 11 is 0. The zero-order valence-electron chi connectivity index (χ0n) is 23.6. The molecule has 0 saturated carbocycles. The lowest BCUT2D eigenvalue weighted by atomic mass is 9.68. The van der Waals surface area contributed by atoms with Crippen LogP contribution in [0.3, 0.4) is 0 Å². The highest BCUT2D eigenvalue weighted by atomic mass is 16.5. The van der Waals surface area contributed by atoms with E-state index in [1.54, 1.807) is 37.3 Å². The molecule has 4 rings (SSSR count). The molecule has 0 spiro atoms. The van der Waals surface area contributed by atoms with Crippen molar-refractivity contribution in [3.05, 3.63) is 69.8 Å². The Bertz CT molecular complexity index is 1440. The minimum atomic E-state index is -1.74. The van der Waals surface area contributed by atoms with Crippen LogP contribution < -0.4 is 5.32 Å². The van der Waals surface area contributed by atoms with Crippen molar-refractivity contribution in [3.8, 4) is 0 Å². The van der Waals surface area contributed by atoms with Gasteiger partial charge in [-0.1, -0.05) is 31.2 Å². The smallest absolute Gasteiger partial charge is 0.334 e. The van der Waals surface area contributed by atoms with Crippen molar-refractivity contribution in [2.45, 2.75) is 25.8 Å². The molecule has 0 saturated heterocycles. The van der Waals surface area contributed by atoms with Crippen LogP contribution in [0.15, 0.2) is 64.3 Å². The summed E-state index contributed by atoms with van der Waals surface area (Å²) in [5.74, 6) is -8.70. The van der Waals surface area contributed by atoms with E-state index in [1.165, 1.54) is 27.2 Å². The quantitative estimate of drug-likeness (QED) is 0.400. The molecule has 11 heteroatoms. The molecule has 0 radical (unpaired) electrons. The van der Waals surface area contributed by atoms with Crippen molar-refractivity contribution in [2.24, 2.45) is 23.7 Å². The molecule has 0 fully saturated rings. The average molecular weight is 566 g/mol. The van der Waals surface area contributed by atoms with Crippen LogP contribution in [0.2, 0.25) is 0 Å². The van der Waals surface area contributed by atoms with Crippen LogP contribution in [0.4, 0.5) is 0 Å². The molecule has 1 aromatic rings. The maximum Gasteiger partial charge on any atom is 0.334 e. The van der Waals surface area contributed by atoms with Crippen molar-refractivity contribution in [1.82, 2.24) is 5.32 Å². The Morgan fingerprint density at radius 2 is 1.44 bits per heavy atom. The molecule has 3 aliphatic rings. The summed E-state index contributed by atoms with van der Waals surface area (Å²) in [5, 5.41) is 2.83. The van der Waals surface area contributed by atoms with Gasteiger partial charge in [-0.3, -0.25) is 14.4 Å². The largest absolute Gasteiger partial charge is 0.469 e.